The van der Waals surface area contributed by atoms with Crippen molar-refractivity contribution in [2.75, 3.05) is 6.61 Å². The van der Waals surface area contributed by atoms with Gasteiger partial charge in [0.1, 0.15) is 0 Å². The van der Waals surface area contributed by atoms with Gasteiger partial charge in [0, 0.05) is 5.92 Å². The monoisotopic (exact) mass is 286 g/mol. The Labute approximate surface area is 128 Å². The molecule has 0 aromatic heterocycles. The fourth-order valence-electron chi connectivity index (χ4n) is 3.56. The molecule has 1 saturated heterocycles. The zero-order chi connectivity index (χ0) is 15.2. The van der Waals surface area contributed by atoms with Crippen LogP contribution in [0.25, 0.3) is 0 Å². The van der Waals surface area contributed by atoms with E-state index < -0.39 is 0 Å². The van der Waals surface area contributed by atoms with Crippen molar-refractivity contribution in [2.45, 2.75) is 45.4 Å². The highest BCUT2D eigenvalue weighted by atomic mass is 16.5. The largest absolute Gasteiger partial charge is 0.465 e. The van der Waals surface area contributed by atoms with Gasteiger partial charge in [0.15, 0.2) is 0 Å². The highest BCUT2D eigenvalue weighted by Gasteiger charge is 2.40. The summed E-state index contributed by atoms with van der Waals surface area (Å²) in [5.41, 5.74) is 5.48. The van der Waals surface area contributed by atoms with Crippen LogP contribution in [-0.4, -0.2) is 12.6 Å². The van der Waals surface area contributed by atoms with Gasteiger partial charge in [0.25, 0.3) is 0 Å². The Hall–Kier alpha value is -1.53. The molecule has 0 N–H and O–H groups in total. The average molecular weight is 286 g/mol. The van der Waals surface area contributed by atoms with Crippen LogP contribution in [-0.2, 0) is 9.53 Å². The van der Waals surface area contributed by atoms with Crippen molar-refractivity contribution in [2.24, 2.45) is 17.8 Å². The maximum absolute atomic E-state index is 12.2. The number of carbonyl (C=O) groups is 1. The topological polar surface area (TPSA) is 26.3 Å². The van der Waals surface area contributed by atoms with E-state index in [2.05, 4.69) is 31.9 Å². The lowest BCUT2D eigenvalue weighted by Crippen LogP contribution is -2.40. The first-order valence-corrected chi connectivity index (χ1v) is 7.97. The number of hydrogen-bond donors (Lipinski definition) is 0. The van der Waals surface area contributed by atoms with E-state index in [4.69, 9.17) is 4.74 Å². The zero-order valence-corrected chi connectivity index (χ0v) is 13.1. The summed E-state index contributed by atoms with van der Waals surface area (Å²) >= 11 is 0. The molecule has 0 radical (unpaired) electrons. The molecule has 1 heterocycles. The van der Waals surface area contributed by atoms with Crippen molar-refractivity contribution in [1.29, 1.82) is 0 Å². The molecule has 0 spiro atoms. The number of allylic oxidation sites excluding steroid dienone is 3. The molecule has 0 aromatic carbocycles. The van der Waals surface area contributed by atoms with Crippen LogP contribution in [0.2, 0.25) is 0 Å². The molecule has 0 saturated carbocycles. The Morgan fingerprint density at radius 3 is 3.05 bits per heavy atom. The lowest BCUT2D eigenvalue weighted by Gasteiger charge is -2.38. The molecule has 0 unspecified atom stereocenters. The van der Waals surface area contributed by atoms with Crippen molar-refractivity contribution in [3.8, 4) is 0 Å². The molecule has 0 aromatic rings. The van der Waals surface area contributed by atoms with E-state index in [1.54, 1.807) is 0 Å². The van der Waals surface area contributed by atoms with Crippen molar-refractivity contribution in [3.05, 3.63) is 42.2 Å². The number of fused-ring (bicyclic) bond motifs is 1. The second-order valence-corrected chi connectivity index (χ2v) is 6.28. The van der Waals surface area contributed by atoms with E-state index in [1.165, 1.54) is 11.1 Å². The molecule has 2 rings (SSSR count). The molecular formula is C19H26O2. The predicted molar refractivity (Wildman–Crippen MR) is 85.7 cm³/mol. The number of carbonyl (C=O) groups excluding carboxylic acids is 1. The van der Waals surface area contributed by atoms with Crippen LogP contribution in [0.1, 0.15) is 45.4 Å². The number of hydrogen-bond acceptors (Lipinski definition) is 2. The van der Waals surface area contributed by atoms with Crippen LogP contribution in [0.4, 0.5) is 0 Å². The number of ether oxygens (including phenoxy) is 1. The molecular weight excluding hydrogens is 260 g/mol. The third-order valence-corrected chi connectivity index (χ3v) is 4.86. The number of rotatable bonds is 3. The van der Waals surface area contributed by atoms with Gasteiger partial charge in [-0.15, -0.1) is 5.73 Å². The summed E-state index contributed by atoms with van der Waals surface area (Å²) in [4.78, 5) is 12.2. The van der Waals surface area contributed by atoms with E-state index in [1.807, 2.05) is 6.08 Å². The lowest BCUT2D eigenvalue weighted by atomic mass is 9.72. The summed E-state index contributed by atoms with van der Waals surface area (Å²) in [5, 5.41) is 0. The molecule has 1 fully saturated rings. The van der Waals surface area contributed by atoms with E-state index in [0.717, 1.165) is 38.5 Å². The van der Waals surface area contributed by atoms with Crippen molar-refractivity contribution in [1.82, 2.24) is 0 Å². The minimum absolute atomic E-state index is 0.00370. The fourth-order valence-corrected chi connectivity index (χ4v) is 3.56. The minimum atomic E-state index is -0.0256. The second-order valence-electron chi connectivity index (χ2n) is 6.28. The standard InChI is InChI=1S/C19H26O2/c1-4-5-6-10-17-16-12-11-14(2)8-7-9-15(3)18(16)13-21-19(17)20/h5,8,16-18H,1,3,6-7,9-13H2,2H3/b14-8+/t16-,17+,18+/m1/s1. The van der Waals surface area contributed by atoms with Crippen LogP contribution in [0.15, 0.2) is 42.2 Å². The van der Waals surface area contributed by atoms with Crippen LogP contribution >= 0.6 is 0 Å². The van der Waals surface area contributed by atoms with Gasteiger partial charge in [-0.05, 0) is 57.4 Å². The molecule has 2 aliphatic rings. The smallest absolute Gasteiger partial charge is 0.309 e. The Balaban J connectivity index is 2.18. The zero-order valence-electron chi connectivity index (χ0n) is 13.1. The normalized spacial score (nSPS) is 32.4. The maximum atomic E-state index is 12.2. The van der Waals surface area contributed by atoms with Crippen LogP contribution in [0, 0.1) is 17.8 Å². The quantitative estimate of drug-likeness (QED) is 0.431. The summed E-state index contributed by atoms with van der Waals surface area (Å²) in [7, 11) is 0. The lowest BCUT2D eigenvalue weighted by molar-refractivity contribution is -0.160. The predicted octanol–water partition coefficient (Wildman–Crippen LogP) is 4.59. The van der Waals surface area contributed by atoms with E-state index >= 15 is 0 Å². The summed E-state index contributed by atoms with van der Waals surface area (Å²) in [6, 6.07) is 0. The van der Waals surface area contributed by atoms with Gasteiger partial charge < -0.3 is 4.74 Å². The minimum Gasteiger partial charge on any atom is -0.465 e. The van der Waals surface area contributed by atoms with Gasteiger partial charge in [-0.3, -0.25) is 4.79 Å². The summed E-state index contributed by atoms with van der Waals surface area (Å²) in [5.74, 6) is 0.677. The molecule has 1 aliphatic heterocycles. The van der Waals surface area contributed by atoms with Gasteiger partial charge >= 0.3 is 5.97 Å². The van der Waals surface area contributed by atoms with Crippen molar-refractivity contribution in [3.63, 3.8) is 0 Å². The Kier molecular flexibility index (Phi) is 5.64. The van der Waals surface area contributed by atoms with Crippen molar-refractivity contribution >= 4 is 5.97 Å². The fraction of sp³-hybridized carbons (Fsp3) is 0.579. The molecule has 0 bridgehead atoms. The van der Waals surface area contributed by atoms with Gasteiger partial charge in [-0.25, -0.2) is 0 Å². The van der Waals surface area contributed by atoms with Crippen molar-refractivity contribution < 1.29 is 9.53 Å². The SMILES string of the molecule is C=C=CCC[C@@H]1C(=O)OC[C@H]2C(=C)CC/C=C(\C)CC[C@H]12. The van der Waals surface area contributed by atoms with E-state index in [0.29, 0.717) is 18.4 Å². The Morgan fingerprint density at radius 1 is 1.48 bits per heavy atom. The van der Waals surface area contributed by atoms with Crippen LogP contribution in [0.5, 0.6) is 0 Å². The van der Waals surface area contributed by atoms with Crippen LogP contribution < -0.4 is 0 Å². The van der Waals surface area contributed by atoms with Gasteiger partial charge in [-0.1, -0.05) is 30.4 Å². The van der Waals surface area contributed by atoms with E-state index in [-0.39, 0.29) is 11.9 Å². The highest BCUT2D eigenvalue weighted by molar-refractivity contribution is 5.73. The highest BCUT2D eigenvalue weighted by Crippen LogP contribution is 2.40. The molecule has 3 atom stereocenters. The van der Waals surface area contributed by atoms with Crippen LogP contribution in [0.3, 0.4) is 0 Å². The number of cyclic esters (lactones) is 1. The molecule has 2 nitrogen and oxygen atoms in total. The number of esters is 1. The molecule has 21 heavy (non-hydrogen) atoms. The Morgan fingerprint density at radius 2 is 2.29 bits per heavy atom. The van der Waals surface area contributed by atoms with Gasteiger partial charge in [0.2, 0.25) is 0 Å². The summed E-state index contributed by atoms with van der Waals surface area (Å²) in [6.07, 6.45) is 10.1. The third kappa shape index (κ3) is 3.98. The molecule has 0 amide bonds. The van der Waals surface area contributed by atoms with E-state index in [9.17, 15) is 4.79 Å². The summed E-state index contributed by atoms with van der Waals surface area (Å²) < 4.78 is 5.46. The second kappa shape index (κ2) is 7.47. The first kappa shape index (κ1) is 15.9. The first-order valence-electron chi connectivity index (χ1n) is 7.97. The molecule has 2 heteroatoms. The maximum Gasteiger partial charge on any atom is 0.309 e. The molecule has 114 valence electrons. The third-order valence-electron chi connectivity index (χ3n) is 4.86. The molecule has 1 aliphatic carbocycles. The first-order chi connectivity index (χ1) is 10.1. The average Bonchev–Trinajstić information content (AvgIpc) is 2.52. The van der Waals surface area contributed by atoms with Gasteiger partial charge in [-0.2, -0.15) is 0 Å². The van der Waals surface area contributed by atoms with Gasteiger partial charge in [0.05, 0.1) is 12.5 Å². The Bertz CT molecular complexity index is 480. The summed E-state index contributed by atoms with van der Waals surface area (Å²) in [6.45, 7) is 10.6.